The third-order valence-corrected chi connectivity index (χ3v) is 6.66. The molecule has 0 fully saturated rings. The highest BCUT2D eigenvalue weighted by atomic mass is 19.4. The Morgan fingerprint density at radius 3 is 2.67 bits per heavy atom. The van der Waals surface area contributed by atoms with Crippen LogP contribution in [-0.2, 0) is 27.2 Å². The summed E-state index contributed by atoms with van der Waals surface area (Å²) in [6.45, 7) is 0.127. The van der Waals surface area contributed by atoms with Crippen molar-refractivity contribution in [2.24, 2.45) is 5.92 Å². The van der Waals surface area contributed by atoms with Gasteiger partial charge in [0.2, 0.25) is 17.8 Å². The van der Waals surface area contributed by atoms with Crippen LogP contribution in [-0.4, -0.2) is 88.9 Å². The molecule has 0 bridgehead atoms. The quantitative estimate of drug-likeness (QED) is 0.431. The Morgan fingerprint density at radius 2 is 2.00 bits per heavy atom. The number of anilines is 1. The minimum atomic E-state index is -4.76. The summed E-state index contributed by atoms with van der Waals surface area (Å²) in [5, 5.41) is 12.5. The number of carbonyl (C=O) groups is 3. The van der Waals surface area contributed by atoms with Gasteiger partial charge >= 0.3 is 12.1 Å². The maximum atomic E-state index is 13.6. The number of aliphatic carboxylic acids is 1. The van der Waals surface area contributed by atoms with E-state index in [1.165, 1.54) is 19.0 Å². The van der Waals surface area contributed by atoms with Crippen LogP contribution >= 0.6 is 0 Å². The maximum Gasteiger partial charge on any atom is 0.406 e. The highest BCUT2D eigenvalue weighted by molar-refractivity contribution is 5.86. The van der Waals surface area contributed by atoms with Gasteiger partial charge in [-0.15, -0.1) is 0 Å². The first kappa shape index (κ1) is 28.0. The molecule has 0 saturated carbocycles. The number of fused-ring (bicyclic) bond motifs is 2. The van der Waals surface area contributed by atoms with Crippen molar-refractivity contribution in [2.75, 3.05) is 51.1 Å². The molecule has 0 aliphatic carbocycles. The van der Waals surface area contributed by atoms with Crippen LogP contribution < -0.4 is 15.5 Å². The SMILES string of the molecule is CN(C)C(=O)CC1c2cc(OCCc3cn4c(n3)NCCN4)ccc2CC(CC(=O)O)C(=O)N1CC(F)(F)F. The molecule has 0 spiro atoms. The number of benzene rings is 1. The Bertz CT molecular complexity index is 1210. The minimum absolute atomic E-state index is 0.0675. The summed E-state index contributed by atoms with van der Waals surface area (Å²) in [7, 11) is 2.95. The first-order valence-electron chi connectivity index (χ1n) is 12.5. The third-order valence-electron chi connectivity index (χ3n) is 6.66. The molecule has 2 aromatic rings. The van der Waals surface area contributed by atoms with Gasteiger partial charge in [0.25, 0.3) is 0 Å². The minimum Gasteiger partial charge on any atom is -0.493 e. The van der Waals surface area contributed by atoms with Gasteiger partial charge in [-0.2, -0.15) is 13.2 Å². The largest absolute Gasteiger partial charge is 0.493 e. The number of hydrogen-bond acceptors (Lipinski definition) is 7. The molecule has 0 radical (unpaired) electrons. The summed E-state index contributed by atoms with van der Waals surface area (Å²) in [5.74, 6) is -2.87. The molecule has 2 unspecified atom stereocenters. The van der Waals surface area contributed by atoms with Gasteiger partial charge in [0, 0.05) is 33.6 Å². The summed E-state index contributed by atoms with van der Waals surface area (Å²) in [6, 6.07) is 3.56. The van der Waals surface area contributed by atoms with E-state index < -0.39 is 55.3 Å². The fourth-order valence-corrected chi connectivity index (χ4v) is 4.81. The molecule has 2 amide bonds. The van der Waals surface area contributed by atoms with Gasteiger partial charge in [-0.05, 0) is 29.7 Å². The van der Waals surface area contributed by atoms with Crippen molar-refractivity contribution < 1.29 is 37.4 Å². The molecule has 212 valence electrons. The number of carbonyl (C=O) groups excluding carboxylic acids is 2. The predicted molar refractivity (Wildman–Crippen MR) is 134 cm³/mol. The lowest BCUT2D eigenvalue weighted by Gasteiger charge is -2.33. The van der Waals surface area contributed by atoms with Gasteiger partial charge in [0.1, 0.15) is 12.3 Å². The number of halogens is 3. The van der Waals surface area contributed by atoms with E-state index in [0.717, 1.165) is 18.8 Å². The summed E-state index contributed by atoms with van der Waals surface area (Å²) in [5.41, 5.74) is 4.78. The molecule has 39 heavy (non-hydrogen) atoms. The van der Waals surface area contributed by atoms with Crippen LogP contribution in [0.15, 0.2) is 24.4 Å². The van der Waals surface area contributed by atoms with Crippen LogP contribution in [0.5, 0.6) is 5.75 Å². The first-order valence-corrected chi connectivity index (χ1v) is 12.5. The number of aromatic nitrogens is 2. The molecule has 2 aliphatic rings. The predicted octanol–water partition coefficient (Wildman–Crippen LogP) is 2.03. The highest BCUT2D eigenvalue weighted by Gasteiger charge is 2.43. The van der Waals surface area contributed by atoms with Crippen molar-refractivity contribution in [1.82, 2.24) is 19.5 Å². The second-order valence-corrected chi connectivity index (χ2v) is 9.81. The second-order valence-electron chi connectivity index (χ2n) is 9.81. The number of hydrogen-bond donors (Lipinski definition) is 3. The molecule has 2 aliphatic heterocycles. The number of ether oxygens (including phenoxy) is 1. The van der Waals surface area contributed by atoms with Gasteiger partial charge in [0.15, 0.2) is 0 Å². The lowest BCUT2D eigenvalue weighted by molar-refractivity contribution is -0.170. The van der Waals surface area contributed by atoms with E-state index in [9.17, 15) is 32.7 Å². The van der Waals surface area contributed by atoms with Crippen LogP contribution in [0.3, 0.4) is 0 Å². The zero-order valence-electron chi connectivity index (χ0n) is 21.6. The van der Waals surface area contributed by atoms with Crippen molar-refractivity contribution in [3.8, 4) is 5.75 Å². The smallest absolute Gasteiger partial charge is 0.406 e. The number of nitrogens with one attached hydrogen (secondary N) is 2. The van der Waals surface area contributed by atoms with Gasteiger partial charge in [-0.25, -0.2) is 9.66 Å². The molecule has 3 heterocycles. The molecular formula is C25H31F3N6O5. The molecule has 14 heteroatoms. The van der Waals surface area contributed by atoms with E-state index >= 15 is 0 Å². The summed E-state index contributed by atoms with van der Waals surface area (Å²) < 4.78 is 48.6. The van der Waals surface area contributed by atoms with E-state index in [1.807, 2.05) is 6.20 Å². The van der Waals surface area contributed by atoms with Crippen LogP contribution in [0, 0.1) is 5.92 Å². The Hall–Kier alpha value is -3.97. The van der Waals surface area contributed by atoms with E-state index in [4.69, 9.17) is 4.74 Å². The van der Waals surface area contributed by atoms with Crippen molar-refractivity contribution in [3.05, 3.63) is 41.2 Å². The monoisotopic (exact) mass is 552 g/mol. The van der Waals surface area contributed by atoms with Gasteiger partial charge < -0.3 is 30.4 Å². The first-order chi connectivity index (χ1) is 18.4. The van der Waals surface area contributed by atoms with Crippen LogP contribution in [0.4, 0.5) is 19.1 Å². The average molecular weight is 553 g/mol. The lowest BCUT2D eigenvalue weighted by atomic mass is 9.92. The fraction of sp³-hybridized carbons (Fsp3) is 0.520. The summed E-state index contributed by atoms with van der Waals surface area (Å²) in [6.07, 6.45) is -3.55. The molecule has 4 rings (SSSR count). The normalized spacial score (nSPS) is 18.8. The molecule has 1 aromatic carbocycles. The summed E-state index contributed by atoms with van der Waals surface area (Å²) in [4.78, 5) is 43.7. The average Bonchev–Trinajstić information content (AvgIpc) is 3.24. The molecule has 11 nitrogen and oxygen atoms in total. The van der Waals surface area contributed by atoms with Crippen LogP contribution in [0.1, 0.15) is 35.7 Å². The van der Waals surface area contributed by atoms with Crippen molar-refractivity contribution in [2.45, 2.75) is 37.9 Å². The van der Waals surface area contributed by atoms with E-state index in [1.54, 1.807) is 22.9 Å². The van der Waals surface area contributed by atoms with Gasteiger partial charge in [-0.1, -0.05) is 6.07 Å². The molecule has 3 N–H and O–H groups in total. The van der Waals surface area contributed by atoms with Crippen molar-refractivity contribution in [3.63, 3.8) is 0 Å². The van der Waals surface area contributed by atoms with Gasteiger partial charge in [-0.3, -0.25) is 14.4 Å². The molecule has 1 aromatic heterocycles. The Balaban J connectivity index is 1.62. The van der Waals surface area contributed by atoms with Crippen LogP contribution in [0.2, 0.25) is 0 Å². The Morgan fingerprint density at radius 1 is 1.23 bits per heavy atom. The van der Waals surface area contributed by atoms with E-state index in [2.05, 4.69) is 15.7 Å². The number of amides is 2. The highest BCUT2D eigenvalue weighted by Crippen LogP contribution is 2.39. The summed E-state index contributed by atoms with van der Waals surface area (Å²) >= 11 is 0. The lowest BCUT2D eigenvalue weighted by Crippen LogP contribution is -2.45. The number of carboxylic acids is 1. The van der Waals surface area contributed by atoms with Crippen molar-refractivity contribution in [1.29, 1.82) is 0 Å². The van der Waals surface area contributed by atoms with Gasteiger partial charge in [0.05, 0.1) is 43.3 Å². The second kappa shape index (κ2) is 11.4. The number of imidazole rings is 1. The number of carboxylic acid groups (broad SMARTS) is 1. The van der Waals surface area contributed by atoms with E-state index in [-0.39, 0.29) is 13.0 Å². The number of rotatable bonds is 9. The Labute approximate surface area is 222 Å². The molecule has 2 atom stereocenters. The van der Waals surface area contributed by atoms with Crippen molar-refractivity contribution >= 4 is 23.7 Å². The zero-order chi connectivity index (χ0) is 28.3. The fourth-order valence-electron chi connectivity index (χ4n) is 4.81. The Kier molecular flexibility index (Phi) is 8.21. The topological polar surface area (TPSA) is 129 Å². The number of nitrogens with zero attached hydrogens (tertiary/aromatic N) is 4. The molecular weight excluding hydrogens is 521 g/mol. The molecule has 0 saturated heterocycles. The van der Waals surface area contributed by atoms with E-state index in [0.29, 0.717) is 34.1 Å². The standard InChI is InChI=1S/C25H31F3N6O5/c1-32(2)21(35)12-20-19-11-18(39-8-5-17-13-34-24(31-17)29-6-7-30-34)4-3-15(19)9-16(10-22(36)37)23(38)33(20)14-25(26,27)28/h3-4,11,13,16,20,30H,5-10,12,14H2,1-2H3,(H,29,31)(H,36,37). The third kappa shape index (κ3) is 6.92. The van der Waals surface area contributed by atoms with Crippen LogP contribution in [0.25, 0.3) is 0 Å². The maximum absolute atomic E-state index is 13.6. The number of alkyl halides is 3. The zero-order valence-corrected chi connectivity index (χ0v) is 21.6.